The maximum absolute atomic E-state index is 11.8. The Morgan fingerprint density at radius 3 is 3.20 bits per heavy atom. The Balaban J connectivity index is 1.84. The molecule has 3 nitrogen and oxygen atoms in total. The summed E-state index contributed by atoms with van der Waals surface area (Å²) < 4.78 is 0. The second-order valence-electron chi connectivity index (χ2n) is 4.00. The number of aryl methyl sites for hydroxylation is 1. The summed E-state index contributed by atoms with van der Waals surface area (Å²) in [4.78, 5) is 12.6. The normalized spacial score (nSPS) is 20.5. The van der Waals surface area contributed by atoms with Crippen LogP contribution >= 0.6 is 11.3 Å². The molecule has 4 heteroatoms. The molecule has 0 saturated carbocycles. The second-order valence-corrected chi connectivity index (χ2v) is 4.92. The highest BCUT2D eigenvalue weighted by Gasteiger charge is 2.16. The minimum atomic E-state index is 0.0781. The number of carbonyl (C=O) groups is 1. The van der Waals surface area contributed by atoms with Gasteiger partial charge in [0.15, 0.2) is 0 Å². The van der Waals surface area contributed by atoms with Gasteiger partial charge in [-0.25, -0.2) is 0 Å². The van der Waals surface area contributed by atoms with Gasteiger partial charge in [-0.05, 0) is 49.4 Å². The minimum absolute atomic E-state index is 0.0781. The molecule has 2 N–H and O–H groups in total. The highest BCUT2D eigenvalue weighted by atomic mass is 32.1. The van der Waals surface area contributed by atoms with Gasteiger partial charge in [0.2, 0.25) is 0 Å². The van der Waals surface area contributed by atoms with Crippen LogP contribution in [-0.2, 0) is 0 Å². The van der Waals surface area contributed by atoms with Crippen molar-refractivity contribution in [3.63, 3.8) is 0 Å². The van der Waals surface area contributed by atoms with E-state index in [4.69, 9.17) is 0 Å². The summed E-state index contributed by atoms with van der Waals surface area (Å²) in [5.41, 5.74) is 1.07. The van der Waals surface area contributed by atoms with Gasteiger partial charge in [-0.2, -0.15) is 0 Å². The van der Waals surface area contributed by atoms with Crippen LogP contribution in [0.2, 0.25) is 0 Å². The molecule has 0 aliphatic carbocycles. The van der Waals surface area contributed by atoms with Gasteiger partial charge < -0.3 is 10.6 Å². The van der Waals surface area contributed by atoms with E-state index in [1.807, 2.05) is 18.4 Å². The lowest BCUT2D eigenvalue weighted by atomic mass is 10.1. The first kappa shape index (κ1) is 10.6. The molecule has 1 amide bonds. The van der Waals surface area contributed by atoms with E-state index < -0.39 is 0 Å². The fourth-order valence-electron chi connectivity index (χ4n) is 1.81. The van der Waals surface area contributed by atoms with Gasteiger partial charge >= 0.3 is 0 Å². The molecule has 2 heterocycles. The van der Waals surface area contributed by atoms with E-state index in [1.54, 1.807) is 0 Å². The molecule has 1 fully saturated rings. The Morgan fingerprint density at radius 1 is 1.73 bits per heavy atom. The zero-order chi connectivity index (χ0) is 10.7. The monoisotopic (exact) mass is 224 g/mol. The van der Waals surface area contributed by atoms with Crippen LogP contribution in [0.5, 0.6) is 0 Å². The number of thiophene rings is 1. The lowest BCUT2D eigenvalue weighted by Gasteiger charge is -2.09. The molecular weight excluding hydrogens is 208 g/mol. The van der Waals surface area contributed by atoms with Gasteiger partial charge in [-0.3, -0.25) is 4.79 Å². The van der Waals surface area contributed by atoms with Crippen molar-refractivity contribution in [1.29, 1.82) is 0 Å². The van der Waals surface area contributed by atoms with Crippen molar-refractivity contribution in [2.75, 3.05) is 19.6 Å². The van der Waals surface area contributed by atoms with E-state index in [0.717, 1.165) is 30.1 Å². The highest BCUT2D eigenvalue weighted by molar-refractivity contribution is 7.12. The largest absolute Gasteiger partial charge is 0.351 e. The summed E-state index contributed by atoms with van der Waals surface area (Å²) in [6.07, 6.45) is 1.17. The van der Waals surface area contributed by atoms with Crippen LogP contribution < -0.4 is 10.6 Å². The summed E-state index contributed by atoms with van der Waals surface area (Å²) in [6.45, 7) is 4.88. The molecule has 1 atom stereocenters. The minimum Gasteiger partial charge on any atom is -0.351 e. The molecule has 0 aromatic carbocycles. The quantitative estimate of drug-likeness (QED) is 0.814. The summed E-state index contributed by atoms with van der Waals surface area (Å²) in [7, 11) is 0. The van der Waals surface area contributed by atoms with Crippen molar-refractivity contribution >= 4 is 17.2 Å². The molecule has 82 valence electrons. The summed E-state index contributed by atoms with van der Waals surface area (Å²) in [5, 5.41) is 8.25. The van der Waals surface area contributed by atoms with Crippen LogP contribution in [0.1, 0.15) is 21.7 Å². The number of nitrogens with one attached hydrogen (secondary N) is 2. The lowest BCUT2D eigenvalue weighted by Crippen LogP contribution is -2.30. The fraction of sp³-hybridized carbons (Fsp3) is 0.545. The molecular formula is C11H16N2OS. The number of amides is 1. The molecule has 15 heavy (non-hydrogen) atoms. The molecule has 1 aliphatic rings. The van der Waals surface area contributed by atoms with Gasteiger partial charge in [-0.15, -0.1) is 11.3 Å². The van der Waals surface area contributed by atoms with Crippen LogP contribution in [-0.4, -0.2) is 25.5 Å². The van der Waals surface area contributed by atoms with Gasteiger partial charge in [0.1, 0.15) is 0 Å². The Labute approximate surface area is 93.9 Å². The van der Waals surface area contributed by atoms with E-state index >= 15 is 0 Å². The molecule has 0 unspecified atom stereocenters. The summed E-state index contributed by atoms with van der Waals surface area (Å²) in [5.74, 6) is 0.684. The molecule has 1 aromatic rings. The maximum atomic E-state index is 11.8. The molecule has 0 spiro atoms. The zero-order valence-corrected chi connectivity index (χ0v) is 9.69. The van der Waals surface area contributed by atoms with Crippen molar-refractivity contribution in [2.24, 2.45) is 5.92 Å². The van der Waals surface area contributed by atoms with Crippen LogP contribution in [0.25, 0.3) is 0 Å². The number of carbonyl (C=O) groups excluding carboxylic acids is 1. The third kappa shape index (κ3) is 2.58. The molecule has 1 aromatic heterocycles. The van der Waals surface area contributed by atoms with Gasteiger partial charge in [-0.1, -0.05) is 0 Å². The Kier molecular flexibility index (Phi) is 3.38. The van der Waals surface area contributed by atoms with Crippen molar-refractivity contribution in [3.05, 3.63) is 21.9 Å². The average Bonchev–Trinajstić information content (AvgIpc) is 2.84. The van der Waals surface area contributed by atoms with Crippen molar-refractivity contribution in [2.45, 2.75) is 13.3 Å². The predicted octanol–water partition coefficient (Wildman–Crippen LogP) is 1.40. The van der Waals surface area contributed by atoms with Crippen LogP contribution in [0.4, 0.5) is 0 Å². The smallest absolute Gasteiger partial charge is 0.261 e. The maximum Gasteiger partial charge on any atom is 0.261 e. The van der Waals surface area contributed by atoms with E-state index in [1.165, 1.54) is 17.8 Å². The van der Waals surface area contributed by atoms with E-state index in [9.17, 15) is 4.79 Å². The molecule has 0 radical (unpaired) electrons. The standard InChI is InChI=1S/C11H16N2OS/c1-8-3-5-15-10(8)11(14)13-7-9-2-4-12-6-9/h3,5,9,12H,2,4,6-7H2,1H3,(H,13,14)/t9-/m0/s1. The first-order valence-corrected chi connectivity index (χ1v) is 6.18. The first-order valence-electron chi connectivity index (χ1n) is 5.30. The predicted molar refractivity (Wildman–Crippen MR) is 62.4 cm³/mol. The topological polar surface area (TPSA) is 41.1 Å². The van der Waals surface area contributed by atoms with E-state index in [2.05, 4.69) is 10.6 Å². The fourth-order valence-corrected chi connectivity index (χ4v) is 2.65. The molecule has 1 aliphatic heterocycles. The van der Waals surface area contributed by atoms with E-state index in [-0.39, 0.29) is 5.91 Å². The highest BCUT2D eigenvalue weighted by Crippen LogP contribution is 2.15. The molecule has 1 saturated heterocycles. The second kappa shape index (κ2) is 4.77. The van der Waals surface area contributed by atoms with Crippen molar-refractivity contribution < 1.29 is 4.79 Å². The van der Waals surface area contributed by atoms with Crippen LogP contribution in [0.15, 0.2) is 11.4 Å². The Hall–Kier alpha value is -0.870. The molecule has 0 bridgehead atoms. The van der Waals surface area contributed by atoms with Gasteiger partial charge in [0.25, 0.3) is 5.91 Å². The molecule has 2 rings (SSSR count). The van der Waals surface area contributed by atoms with E-state index in [0.29, 0.717) is 5.92 Å². The lowest BCUT2D eigenvalue weighted by molar-refractivity contribution is 0.0951. The number of rotatable bonds is 3. The average molecular weight is 224 g/mol. The SMILES string of the molecule is Cc1ccsc1C(=O)NC[C@H]1CCNC1. The number of hydrogen-bond donors (Lipinski definition) is 2. The first-order chi connectivity index (χ1) is 7.27. The van der Waals surface area contributed by atoms with Crippen molar-refractivity contribution in [3.8, 4) is 0 Å². The zero-order valence-electron chi connectivity index (χ0n) is 8.88. The summed E-state index contributed by atoms with van der Waals surface area (Å²) >= 11 is 1.51. The van der Waals surface area contributed by atoms with Crippen molar-refractivity contribution in [1.82, 2.24) is 10.6 Å². The third-order valence-electron chi connectivity index (χ3n) is 2.78. The van der Waals surface area contributed by atoms with Crippen LogP contribution in [0, 0.1) is 12.8 Å². The summed E-state index contributed by atoms with van der Waals surface area (Å²) in [6, 6.07) is 1.98. The Bertz CT molecular complexity index is 342. The van der Waals surface area contributed by atoms with Gasteiger partial charge in [0, 0.05) is 6.54 Å². The van der Waals surface area contributed by atoms with Crippen LogP contribution in [0.3, 0.4) is 0 Å². The third-order valence-corrected chi connectivity index (χ3v) is 3.80. The van der Waals surface area contributed by atoms with Gasteiger partial charge in [0.05, 0.1) is 4.88 Å². The Morgan fingerprint density at radius 2 is 2.60 bits per heavy atom. The number of hydrogen-bond acceptors (Lipinski definition) is 3.